The van der Waals surface area contributed by atoms with Crippen LogP contribution in [0.1, 0.15) is 0 Å². The maximum absolute atomic E-state index is 9.67. The zero-order valence-electron chi connectivity index (χ0n) is 2.92. The van der Waals surface area contributed by atoms with Crippen molar-refractivity contribution >= 4 is 12.4 Å². The molecule has 1 N–H and O–H groups in total. The van der Waals surface area contributed by atoms with Crippen LogP contribution in [0.25, 0.3) is 0 Å². The number of hydrogen-bond donors (Lipinski definition) is 1. The molecule has 7 heavy (non-hydrogen) atoms. The normalized spacial score (nSPS) is 5.71. The Hall–Kier alpha value is 0.550. The van der Waals surface area contributed by atoms with Crippen molar-refractivity contribution in [2.45, 2.75) is 6.68 Å². The summed E-state index contributed by atoms with van der Waals surface area (Å²) < 4.78 is 34.3. The molecule has 0 saturated carbocycles. The van der Waals surface area contributed by atoms with Gasteiger partial charge in [-0.1, -0.05) is 0 Å². The van der Waals surface area contributed by atoms with E-state index in [1.165, 1.54) is 0 Å². The first-order valence-electron chi connectivity index (χ1n) is 0.859. The Balaban J connectivity index is -0.0000000480. The van der Waals surface area contributed by atoms with E-state index in [4.69, 9.17) is 4.78 Å². The maximum atomic E-state index is 9.67. The Morgan fingerprint density at radius 3 is 1.14 bits per heavy atom. The van der Waals surface area contributed by atoms with Crippen LogP contribution in [-0.2, 0) is 34.8 Å². The fourth-order valence-corrected chi connectivity index (χ4v) is 0. The van der Waals surface area contributed by atoms with Crippen LogP contribution in [0.15, 0.2) is 0 Å². The van der Waals surface area contributed by atoms with E-state index in [1.54, 1.807) is 0 Å². The van der Waals surface area contributed by atoms with Crippen LogP contribution in [-0.4, -0.2) is 6.68 Å². The van der Waals surface area contributed by atoms with E-state index < -0.39 is 6.68 Å². The molecular formula is CH2AgF3NS. The van der Waals surface area contributed by atoms with E-state index in [0.29, 0.717) is 0 Å². The fourth-order valence-electron chi connectivity index (χ4n) is 0. The fraction of sp³-hybridized carbons (Fsp3) is 1.00. The Labute approximate surface area is 59.8 Å². The van der Waals surface area contributed by atoms with Gasteiger partial charge in [0.2, 0.25) is 0 Å². The summed E-state index contributed by atoms with van der Waals surface area (Å²) in [6.07, 6.45) is 0. The van der Waals surface area contributed by atoms with Crippen LogP contribution in [0.4, 0.5) is 13.2 Å². The molecule has 49 valence electrons. The second kappa shape index (κ2) is 16.0. The van der Waals surface area contributed by atoms with Crippen molar-refractivity contribution in [3.8, 4) is 0 Å². The number of halogens is 3. The van der Waals surface area contributed by atoms with E-state index in [9.17, 15) is 13.2 Å². The summed E-state index contributed by atoms with van der Waals surface area (Å²) in [5.41, 5.74) is 0. The molecule has 0 aliphatic heterocycles. The molecule has 0 unspecified atom stereocenters. The zero-order chi connectivity index (χ0) is 5.58. The van der Waals surface area contributed by atoms with Gasteiger partial charge in [-0.2, -0.15) is 13.2 Å². The van der Waals surface area contributed by atoms with Crippen molar-refractivity contribution in [3.05, 3.63) is 0 Å². The Bertz CT molecular complexity index is 26.1. The number of nitrogens with one attached hydrogen (secondary N) is 1. The summed E-state index contributed by atoms with van der Waals surface area (Å²) in [4.78, 5) is 0. The average molecular weight is 225 g/mol. The summed E-state index contributed by atoms with van der Waals surface area (Å²) in [7, 11) is 0. The first kappa shape index (κ1) is 15.6. The largest absolute Gasteiger partial charge is 0.379 e. The van der Waals surface area contributed by atoms with E-state index in [-0.39, 0.29) is 22.4 Å². The van der Waals surface area contributed by atoms with Crippen molar-refractivity contribution in [1.82, 2.24) is 0 Å². The van der Waals surface area contributed by atoms with E-state index in [2.05, 4.69) is 12.4 Å². The number of alkyl halides is 3. The molecule has 0 rings (SSSR count). The predicted octanol–water partition coefficient (Wildman–Crippen LogP) is 1.47. The molecule has 0 bridgehead atoms. The topological polar surface area (TPSA) is 23.9 Å². The molecule has 6 heteroatoms. The van der Waals surface area contributed by atoms with Crippen LogP contribution >= 0.6 is 0 Å². The molecule has 0 atom stereocenters. The molecule has 0 amide bonds. The minimum Gasteiger partial charge on any atom is -0.235 e. The quantitative estimate of drug-likeness (QED) is 0.620. The second-order valence-electron chi connectivity index (χ2n) is 0.247. The van der Waals surface area contributed by atoms with Gasteiger partial charge in [-0.15, -0.1) is 0 Å². The summed E-state index contributed by atoms with van der Waals surface area (Å²) >= 11 is 3.33. The van der Waals surface area contributed by atoms with E-state index >= 15 is 0 Å². The Kier molecular flexibility index (Phi) is 35.8. The molecule has 0 aromatic rings. The summed E-state index contributed by atoms with van der Waals surface area (Å²) in [6.45, 7) is -3.67. The van der Waals surface area contributed by atoms with E-state index in [0.717, 1.165) is 0 Å². The van der Waals surface area contributed by atoms with Gasteiger partial charge < -0.3 is 0 Å². The minimum atomic E-state index is -3.67. The van der Waals surface area contributed by atoms with Crippen molar-refractivity contribution in [2.24, 2.45) is 0 Å². The van der Waals surface area contributed by atoms with Crippen LogP contribution in [0.5, 0.6) is 0 Å². The molecule has 0 aromatic carbocycles. The summed E-state index contributed by atoms with van der Waals surface area (Å²) in [6, 6.07) is 0. The molecule has 0 aromatic heterocycles. The third-order valence-electron chi connectivity index (χ3n) is 0. The molecule has 0 spiro atoms. The number of hydrogen-bond acceptors (Lipinski definition) is 2. The van der Waals surface area contributed by atoms with Gasteiger partial charge in [0.25, 0.3) is 0 Å². The first-order valence-corrected chi connectivity index (χ1v) is 1.27. The summed E-state index contributed by atoms with van der Waals surface area (Å²) in [5, 5.41) is 0. The van der Waals surface area contributed by atoms with Crippen LogP contribution < -0.4 is 0 Å². The van der Waals surface area contributed by atoms with Crippen molar-refractivity contribution in [3.63, 3.8) is 0 Å². The monoisotopic (exact) mass is 224 g/mol. The molecule has 1 nitrogen and oxygen atoms in total. The summed E-state index contributed by atoms with van der Waals surface area (Å²) in [5.74, 6) is 0. The third kappa shape index (κ3) is 448. The van der Waals surface area contributed by atoms with Crippen LogP contribution in [0.3, 0.4) is 0 Å². The molecule has 0 saturated heterocycles. The van der Waals surface area contributed by atoms with Gasteiger partial charge in [-0.3, -0.25) is 0 Å². The molecule has 0 heterocycles. The van der Waals surface area contributed by atoms with Crippen molar-refractivity contribution in [2.75, 3.05) is 0 Å². The maximum Gasteiger partial charge on any atom is 0.379 e. The van der Waals surface area contributed by atoms with E-state index in [1.807, 2.05) is 0 Å². The van der Waals surface area contributed by atoms with Crippen LogP contribution in [0, 0.1) is 4.78 Å². The molecule has 0 fully saturated rings. The minimum absolute atomic E-state index is 0. The third-order valence-corrected chi connectivity index (χ3v) is 0. The zero-order valence-corrected chi connectivity index (χ0v) is 5.22. The molecule has 0 aliphatic carbocycles. The predicted molar refractivity (Wildman–Crippen MR) is 17.2 cm³/mol. The van der Waals surface area contributed by atoms with Gasteiger partial charge in [-0.05, 0) is 0 Å². The smallest absolute Gasteiger partial charge is 0.235 e. The van der Waals surface area contributed by atoms with Crippen molar-refractivity contribution < 1.29 is 35.6 Å². The van der Waals surface area contributed by atoms with Gasteiger partial charge in [0, 0.05) is 34.8 Å². The van der Waals surface area contributed by atoms with Crippen LogP contribution in [0.2, 0.25) is 0 Å². The second-order valence-corrected chi connectivity index (χ2v) is 0.247. The number of rotatable bonds is 0. The molecular weight excluding hydrogens is 223 g/mol. The van der Waals surface area contributed by atoms with Gasteiger partial charge in [0.15, 0.2) is 0 Å². The first-order chi connectivity index (χ1) is 2.73. The Morgan fingerprint density at radius 2 is 1.14 bits per heavy atom. The van der Waals surface area contributed by atoms with Crippen molar-refractivity contribution in [1.29, 1.82) is 4.78 Å². The average Bonchev–Trinajstić information content (AvgIpc) is 1.41. The molecule has 0 aliphatic rings. The Morgan fingerprint density at radius 1 is 1.14 bits per heavy atom. The van der Waals surface area contributed by atoms with Gasteiger partial charge in [0.05, 0.1) is 0 Å². The van der Waals surface area contributed by atoms with Gasteiger partial charge in [-0.25, -0.2) is 4.78 Å². The standard InChI is InChI=1S/CHF3.Ag.HNS/c2-1(3)4;;1-2/h1H;;1H. The SMILES string of the molecule is FC(F)F.N=S.[Ag]. The van der Waals surface area contributed by atoms with Gasteiger partial charge in [0.1, 0.15) is 0 Å². The van der Waals surface area contributed by atoms with Gasteiger partial charge >= 0.3 is 6.68 Å². The molecule has 1 radical (unpaired) electrons.